The van der Waals surface area contributed by atoms with Crippen molar-refractivity contribution in [3.05, 3.63) is 24.3 Å². The maximum Gasteiger partial charge on any atom is 0.120 e. The van der Waals surface area contributed by atoms with Gasteiger partial charge in [-0.1, -0.05) is 81.4 Å². The molecule has 0 rings (SSSR count). The van der Waals surface area contributed by atoms with Gasteiger partial charge in [0.2, 0.25) is 0 Å². The Morgan fingerprint density at radius 2 is 1.29 bits per heavy atom. The Morgan fingerprint density at radius 1 is 0.714 bits per heavy atom. The molecule has 0 amide bonds. The zero-order valence-corrected chi connectivity index (χ0v) is 14.8. The van der Waals surface area contributed by atoms with Gasteiger partial charge < -0.3 is 4.74 Å². The van der Waals surface area contributed by atoms with Gasteiger partial charge in [-0.3, -0.25) is 0 Å². The molecule has 0 aliphatic heterocycles. The van der Waals surface area contributed by atoms with Crippen LogP contribution in [0.5, 0.6) is 0 Å². The molecule has 0 N–H and O–H groups in total. The summed E-state index contributed by atoms with van der Waals surface area (Å²) in [6, 6.07) is 0.334. The van der Waals surface area contributed by atoms with Crippen molar-refractivity contribution >= 4 is 11.6 Å². The average molecular weight is 315 g/mol. The molecule has 0 saturated carbocycles. The fraction of sp³-hybridized carbons (Fsp3) is 0.789. The third kappa shape index (κ3) is 19.7. The van der Waals surface area contributed by atoms with Gasteiger partial charge >= 0.3 is 0 Å². The van der Waals surface area contributed by atoms with Crippen LogP contribution in [0.3, 0.4) is 0 Å². The number of unbranched alkanes of at least 4 members (excludes halogenated alkanes) is 9. The summed E-state index contributed by atoms with van der Waals surface area (Å²) < 4.78 is 5.10. The van der Waals surface area contributed by atoms with Crippen LogP contribution in [0, 0.1) is 0 Å². The van der Waals surface area contributed by atoms with Gasteiger partial charge in [-0.15, -0.1) is 0 Å². The molecule has 2 heteroatoms. The lowest BCUT2D eigenvalue weighted by molar-refractivity contribution is 0.173. The summed E-state index contributed by atoms with van der Waals surface area (Å²) in [5, 5.41) is 0. The Morgan fingerprint density at radius 3 is 1.90 bits per heavy atom. The van der Waals surface area contributed by atoms with Crippen molar-refractivity contribution < 1.29 is 4.74 Å². The molecule has 21 heavy (non-hydrogen) atoms. The summed E-state index contributed by atoms with van der Waals surface area (Å²) in [6.45, 7) is 3.07. The first-order valence-corrected chi connectivity index (χ1v) is 9.39. The van der Waals surface area contributed by atoms with Crippen LogP contribution in [0.2, 0.25) is 0 Å². The highest BCUT2D eigenvalue weighted by molar-refractivity contribution is 6.17. The SMILES string of the molecule is CCCCCC=CCC=CCCCCCCCCOCCl. The number of allylic oxidation sites excluding steroid dienone is 4. The maximum atomic E-state index is 5.44. The minimum absolute atomic E-state index is 0.334. The highest BCUT2D eigenvalue weighted by atomic mass is 35.5. The van der Waals surface area contributed by atoms with E-state index < -0.39 is 0 Å². The zero-order chi connectivity index (χ0) is 15.4. The van der Waals surface area contributed by atoms with E-state index in [2.05, 4.69) is 31.2 Å². The molecule has 0 bridgehead atoms. The lowest BCUT2D eigenvalue weighted by Gasteiger charge is -2.01. The van der Waals surface area contributed by atoms with Gasteiger partial charge in [0, 0.05) is 6.61 Å². The van der Waals surface area contributed by atoms with Gasteiger partial charge in [0.25, 0.3) is 0 Å². The molecule has 0 aromatic carbocycles. The number of halogens is 1. The number of hydrogen-bond acceptors (Lipinski definition) is 1. The van der Waals surface area contributed by atoms with Crippen molar-refractivity contribution in [3.63, 3.8) is 0 Å². The largest absolute Gasteiger partial charge is 0.366 e. The van der Waals surface area contributed by atoms with E-state index in [9.17, 15) is 0 Å². The van der Waals surface area contributed by atoms with E-state index >= 15 is 0 Å². The third-order valence-corrected chi connectivity index (χ3v) is 3.72. The molecule has 0 heterocycles. The molecule has 0 aliphatic rings. The Balaban J connectivity index is 3.11. The smallest absolute Gasteiger partial charge is 0.120 e. The summed E-state index contributed by atoms with van der Waals surface area (Å²) >= 11 is 5.44. The van der Waals surface area contributed by atoms with Gasteiger partial charge in [0.1, 0.15) is 6.07 Å². The van der Waals surface area contributed by atoms with Crippen molar-refractivity contribution in [1.82, 2.24) is 0 Å². The van der Waals surface area contributed by atoms with Crippen molar-refractivity contribution in [1.29, 1.82) is 0 Å². The molecule has 0 spiro atoms. The highest BCUT2D eigenvalue weighted by Crippen LogP contribution is 2.08. The number of ether oxygens (including phenoxy) is 1. The monoisotopic (exact) mass is 314 g/mol. The summed E-state index contributed by atoms with van der Waals surface area (Å²) in [6.07, 6.45) is 24.7. The van der Waals surface area contributed by atoms with Crippen molar-refractivity contribution in [2.75, 3.05) is 12.7 Å². The average Bonchev–Trinajstić information content (AvgIpc) is 2.50. The molecular formula is C19H35ClO. The summed E-state index contributed by atoms with van der Waals surface area (Å²) in [7, 11) is 0. The van der Waals surface area contributed by atoms with Crippen molar-refractivity contribution in [2.24, 2.45) is 0 Å². The Kier molecular flexibility index (Phi) is 19.5. The van der Waals surface area contributed by atoms with E-state index in [1.165, 1.54) is 64.2 Å². The lowest BCUT2D eigenvalue weighted by atomic mass is 10.1. The van der Waals surface area contributed by atoms with Gasteiger partial charge in [-0.2, -0.15) is 0 Å². The molecule has 0 unspecified atom stereocenters. The van der Waals surface area contributed by atoms with Gasteiger partial charge in [-0.25, -0.2) is 0 Å². The van der Waals surface area contributed by atoms with E-state index in [4.69, 9.17) is 16.3 Å². The second kappa shape index (κ2) is 19.7. The summed E-state index contributed by atoms with van der Waals surface area (Å²) in [5.74, 6) is 0. The second-order valence-electron chi connectivity index (χ2n) is 5.60. The maximum absolute atomic E-state index is 5.44. The van der Waals surface area contributed by atoms with Crippen LogP contribution >= 0.6 is 11.6 Å². The molecule has 0 saturated heterocycles. The molecule has 124 valence electrons. The third-order valence-electron chi connectivity index (χ3n) is 3.57. The summed E-state index contributed by atoms with van der Waals surface area (Å²) in [4.78, 5) is 0. The molecule has 1 nitrogen and oxygen atoms in total. The fourth-order valence-corrected chi connectivity index (χ4v) is 2.36. The first-order valence-electron chi connectivity index (χ1n) is 8.85. The molecular weight excluding hydrogens is 280 g/mol. The van der Waals surface area contributed by atoms with Gasteiger partial charge in [-0.05, 0) is 38.5 Å². The minimum Gasteiger partial charge on any atom is -0.366 e. The summed E-state index contributed by atoms with van der Waals surface area (Å²) in [5.41, 5.74) is 0. The van der Waals surface area contributed by atoms with Crippen LogP contribution in [0.4, 0.5) is 0 Å². The van der Waals surface area contributed by atoms with Crippen LogP contribution in [0.1, 0.15) is 84.0 Å². The van der Waals surface area contributed by atoms with Crippen molar-refractivity contribution in [3.8, 4) is 0 Å². The van der Waals surface area contributed by atoms with Crippen molar-refractivity contribution in [2.45, 2.75) is 84.0 Å². The molecule has 0 atom stereocenters. The predicted octanol–water partition coefficient (Wildman–Crippen LogP) is 7.01. The zero-order valence-electron chi connectivity index (χ0n) is 14.0. The molecule has 0 aromatic heterocycles. The van der Waals surface area contributed by atoms with E-state index in [1.54, 1.807) is 0 Å². The molecule has 0 aromatic rings. The van der Waals surface area contributed by atoms with Crippen LogP contribution in [0.25, 0.3) is 0 Å². The number of hydrogen-bond donors (Lipinski definition) is 0. The Bertz CT molecular complexity index is 236. The predicted molar refractivity (Wildman–Crippen MR) is 96.0 cm³/mol. The van der Waals surface area contributed by atoms with E-state index in [0.29, 0.717) is 6.07 Å². The van der Waals surface area contributed by atoms with E-state index in [-0.39, 0.29) is 0 Å². The van der Waals surface area contributed by atoms with Gasteiger partial charge in [0.15, 0.2) is 0 Å². The van der Waals surface area contributed by atoms with Crippen LogP contribution in [0.15, 0.2) is 24.3 Å². The van der Waals surface area contributed by atoms with E-state index in [0.717, 1.165) is 19.4 Å². The molecule has 0 radical (unpaired) electrons. The molecule has 0 aliphatic carbocycles. The molecule has 0 fully saturated rings. The quantitative estimate of drug-likeness (QED) is 0.169. The van der Waals surface area contributed by atoms with Crippen LogP contribution in [-0.2, 0) is 4.74 Å². The second-order valence-corrected chi connectivity index (χ2v) is 5.82. The topological polar surface area (TPSA) is 9.23 Å². The Labute approximate surface area is 137 Å². The fourth-order valence-electron chi connectivity index (χ4n) is 2.25. The number of rotatable bonds is 16. The number of alkyl halides is 1. The first kappa shape index (κ1) is 20.7. The van der Waals surface area contributed by atoms with E-state index in [1.807, 2.05) is 0 Å². The standard InChI is InChI=1S/C19H35ClO/c1-2-3-4-5-6-7-8-9-10-11-12-13-14-15-16-17-18-21-19-20/h6-7,9-10H,2-5,8,11-19H2,1H3. The van der Waals surface area contributed by atoms with Crippen LogP contribution in [-0.4, -0.2) is 12.7 Å². The first-order chi connectivity index (χ1) is 10.4. The lowest BCUT2D eigenvalue weighted by Crippen LogP contribution is -1.91. The van der Waals surface area contributed by atoms with Gasteiger partial charge in [0.05, 0.1) is 0 Å². The highest BCUT2D eigenvalue weighted by Gasteiger charge is 1.91. The van der Waals surface area contributed by atoms with Crippen LogP contribution < -0.4 is 0 Å². The minimum atomic E-state index is 0.334. The normalized spacial score (nSPS) is 11.9. The Hall–Kier alpha value is -0.270.